The van der Waals surface area contributed by atoms with Gasteiger partial charge in [-0.2, -0.15) is 4.39 Å². The smallest absolute Gasteiger partial charge is 0.201 e. The van der Waals surface area contributed by atoms with Crippen LogP contribution in [0.4, 0.5) is 13.2 Å². The third-order valence-corrected chi connectivity index (χ3v) is 6.09. The summed E-state index contributed by atoms with van der Waals surface area (Å²) in [5.74, 6) is -2.50. The fraction of sp³-hybridized carbons (Fsp3) is 0.310. The van der Waals surface area contributed by atoms with Crippen LogP contribution < -0.4 is 4.74 Å². The first kappa shape index (κ1) is 25.0. The third kappa shape index (κ3) is 5.77. The first-order valence-corrected chi connectivity index (χ1v) is 11.9. The Morgan fingerprint density at radius 2 is 1.54 bits per heavy atom. The molecule has 0 bridgehead atoms. The van der Waals surface area contributed by atoms with E-state index in [9.17, 15) is 8.78 Å². The highest BCUT2D eigenvalue weighted by atomic mass is 19.2. The predicted octanol–water partition coefficient (Wildman–Crippen LogP) is 7.65. The molecule has 1 fully saturated rings. The standard InChI is InChI=1S/C29H29F3O3/c1-3-5-6-7-27-34-17-22(18-35-27)21-12-13-23(25(30)16-21)19-8-10-20(11-9-19)24-14-15-26(33-4-2)29(32)28(24)31/h3,5,8-16,22,27H,4,6-7,17-18H2,1-2H3. The lowest BCUT2D eigenvalue weighted by molar-refractivity contribution is -0.189. The fourth-order valence-corrected chi connectivity index (χ4v) is 4.17. The minimum absolute atomic E-state index is 0.0311. The van der Waals surface area contributed by atoms with Gasteiger partial charge in [0.05, 0.1) is 19.8 Å². The van der Waals surface area contributed by atoms with Crippen LogP contribution in [0.2, 0.25) is 0 Å². The number of ether oxygens (including phenoxy) is 3. The molecule has 4 rings (SSSR count). The molecule has 3 nitrogen and oxygen atoms in total. The van der Waals surface area contributed by atoms with Gasteiger partial charge in [0.1, 0.15) is 5.82 Å². The molecule has 1 aliphatic rings. The molecule has 3 aromatic rings. The molecule has 0 N–H and O–H groups in total. The van der Waals surface area contributed by atoms with Gasteiger partial charge in [-0.3, -0.25) is 0 Å². The number of hydrogen-bond donors (Lipinski definition) is 0. The molecule has 6 heteroatoms. The Hall–Kier alpha value is -3.09. The molecule has 1 saturated heterocycles. The minimum atomic E-state index is -1.02. The van der Waals surface area contributed by atoms with Crippen molar-refractivity contribution in [1.29, 1.82) is 0 Å². The van der Waals surface area contributed by atoms with Crippen LogP contribution in [-0.2, 0) is 9.47 Å². The Morgan fingerprint density at radius 1 is 0.886 bits per heavy atom. The second kappa shape index (κ2) is 11.6. The van der Waals surface area contributed by atoms with Crippen molar-refractivity contribution in [2.24, 2.45) is 0 Å². The number of halogens is 3. The maximum atomic E-state index is 15.0. The molecule has 3 aromatic carbocycles. The molecule has 0 aliphatic carbocycles. The van der Waals surface area contributed by atoms with Crippen LogP contribution in [0, 0.1) is 17.5 Å². The van der Waals surface area contributed by atoms with Crippen LogP contribution in [0.5, 0.6) is 5.75 Å². The quantitative estimate of drug-likeness (QED) is 0.309. The van der Waals surface area contributed by atoms with Crippen LogP contribution in [0.15, 0.2) is 66.7 Å². The maximum Gasteiger partial charge on any atom is 0.201 e. The summed E-state index contributed by atoms with van der Waals surface area (Å²) in [5, 5.41) is 0. The van der Waals surface area contributed by atoms with Crippen LogP contribution >= 0.6 is 0 Å². The molecule has 1 heterocycles. The lowest BCUT2D eigenvalue weighted by Gasteiger charge is -2.29. The highest BCUT2D eigenvalue weighted by molar-refractivity contribution is 5.71. The largest absolute Gasteiger partial charge is 0.491 e. The van der Waals surface area contributed by atoms with E-state index in [1.807, 2.05) is 19.1 Å². The molecule has 0 radical (unpaired) electrons. The van der Waals surface area contributed by atoms with E-state index in [0.29, 0.717) is 29.9 Å². The van der Waals surface area contributed by atoms with Gasteiger partial charge >= 0.3 is 0 Å². The Morgan fingerprint density at radius 3 is 2.17 bits per heavy atom. The van der Waals surface area contributed by atoms with Gasteiger partial charge in [-0.15, -0.1) is 0 Å². The number of allylic oxidation sites excluding steroid dienone is 2. The molecule has 0 amide bonds. The van der Waals surface area contributed by atoms with Crippen LogP contribution in [0.3, 0.4) is 0 Å². The van der Waals surface area contributed by atoms with Gasteiger partial charge < -0.3 is 14.2 Å². The molecule has 1 aliphatic heterocycles. The van der Waals surface area contributed by atoms with Crippen molar-refractivity contribution < 1.29 is 27.4 Å². The summed E-state index contributed by atoms with van der Waals surface area (Å²) < 4.78 is 60.5. The van der Waals surface area contributed by atoms with Gasteiger partial charge in [-0.05, 0) is 55.2 Å². The van der Waals surface area contributed by atoms with E-state index in [4.69, 9.17) is 14.2 Å². The second-order valence-electron chi connectivity index (χ2n) is 8.43. The Balaban J connectivity index is 1.46. The molecule has 35 heavy (non-hydrogen) atoms. The molecule has 0 aromatic heterocycles. The van der Waals surface area contributed by atoms with E-state index in [1.165, 1.54) is 18.2 Å². The summed E-state index contributed by atoms with van der Waals surface area (Å²) in [5.41, 5.74) is 2.51. The van der Waals surface area contributed by atoms with Crippen molar-refractivity contribution in [2.45, 2.75) is 38.9 Å². The van der Waals surface area contributed by atoms with E-state index in [-0.39, 0.29) is 35.9 Å². The Bertz CT molecular complexity index is 1170. The first-order valence-electron chi connectivity index (χ1n) is 11.9. The second-order valence-corrected chi connectivity index (χ2v) is 8.43. The zero-order chi connectivity index (χ0) is 24.8. The van der Waals surface area contributed by atoms with Crippen LogP contribution in [0.1, 0.15) is 38.2 Å². The zero-order valence-electron chi connectivity index (χ0n) is 19.9. The number of rotatable bonds is 8. The summed E-state index contributed by atoms with van der Waals surface area (Å²) >= 11 is 0. The lowest BCUT2D eigenvalue weighted by atomic mass is 9.95. The molecular formula is C29H29F3O3. The van der Waals surface area contributed by atoms with E-state index in [2.05, 4.69) is 6.08 Å². The SMILES string of the molecule is CC=CCCC1OCC(c2ccc(-c3ccc(-c4ccc(OCC)c(F)c4F)cc3)c(F)c2)CO1. The van der Waals surface area contributed by atoms with Gasteiger partial charge in [-0.25, -0.2) is 8.78 Å². The average molecular weight is 483 g/mol. The summed E-state index contributed by atoms with van der Waals surface area (Å²) in [6.07, 6.45) is 5.55. The van der Waals surface area contributed by atoms with Gasteiger partial charge in [0, 0.05) is 23.5 Å². The summed E-state index contributed by atoms with van der Waals surface area (Å²) in [6.45, 7) is 4.90. The van der Waals surface area contributed by atoms with Gasteiger partial charge in [0.2, 0.25) is 5.82 Å². The first-order chi connectivity index (χ1) is 17.0. The highest BCUT2D eigenvalue weighted by Crippen LogP contribution is 2.33. The highest BCUT2D eigenvalue weighted by Gasteiger charge is 2.24. The lowest BCUT2D eigenvalue weighted by Crippen LogP contribution is -2.30. The summed E-state index contributed by atoms with van der Waals surface area (Å²) in [4.78, 5) is 0. The summed E-state index contributed by atoms with van der Waals surface area (Å²) in [7, 11) is 0. The Labute approximate surface area is 204 Å². The van der Waals surface area contributed by atoms with Crippen LogP contribution in [0.25, 0.3) is 22.3 Å². The van der Waals surface area contributed by atoms with Crippen molar-refractivity contribution in [1.82, 2.24) is 0 Å². The van der Waals surface area contributed by atoms with E-state index in [0.717, 1.165) is 18.4 Å². The Kier molecular flexibility index (Phi) is 8.26. The molecule has 0 saturated carbocycles. The molecular weight excluding hydrogens is 453 g/mol. The predicted molar refractivity (Wildman–Crippen MR) is 131 cm³/mol. The number of hydrogen-bond acceptors (Lipinski definition) is 3. The van der Waals surface area contributed by atoms with E-state index >= 15 is 4.39 Å². The number of benzene rings is 3. The van der Waals surface area contributed by atoms with E-state index in [1.54, 1.807) is 37.3 Å². The van der Waals surface area contributed by atoms with Gasteiger partial charge in [0.25, 0.3) is 0 Å². The van der Waals surface area contributed by atoms with Gasteiger partial charge in [-0.1, -0.05) is 48.6 Å². The molecule has 0 unspecified atom stereocenters. The third-order valence-electron chi connectivity index (χ3n) is 6.09. The average Bonchev–Trinajstić information content (AvgIpc) is 2.88. The van der Waals surface area contributed by atoms with Crippen molar-refractivity contribution >= 4 is 0 Å². The molecule has 0 atom stereocenters. The van der Waals surface area contributed by atoms with Crippen molar-refractivity contribution in [3.63, 3.8) is 0 Å². The maximum absolute atomic E-state index is 15.0. The topological polar surface area (TPSA) is 27.7 Å². The van der Waals surface area contributed by atoms with Gasteiger partial charge in [0.15, 0.2) is 17.9 Å². The van der Waals surface area contributed by atoms with Crippen LogP contribution in [-0.4, -0.2) is 26.1 Å². The van der Waals surface area contributed by atoms with Crippen molar-refractivity contribution in [2.75, 3.05) is 19.8 Å². The van der Waals surface area contributed by atoms with E-state index < -0.39 is 11.6 Å². The van der Waals surface area contributed by atoms with Crippen molar-refractivity contribution in [3.8, 4) is 28.0 Å². The minimum Gasteiger partial charge on any atom is -0.491 e. The monoisotopic (exact) mass is 482 g/mol. The molecule has 184 valence electrons. The summed E-state index contributed by atoms with van der Waals surface area (Å²) in [6, 6.07) is 14.7. The molecule has 0 spiro atoms. The fourth-order valence-electron chi connectivity index (χ4n) is 4.17. The van der Waals surface area contributed by atoms with Crippen molar-refractivity contribution in [3.05, 3.63) is 89.8 Å². The zero-order valence-corrected chi connectivity index (χ0v) is 19.9. The normalized spacial score (nSPS) is 18.2.